The number of hydrogen-bond donors (Lipinski definition) is 0. The van der Waals surface area contributed by atoms with Gasteiger partial charge in [0.25, 0.3) is 0 Å². The van der Waals surface area contributed by atoms with Crippen LogP contribution in [0.2, 0.25) is 0 Å². The van der Waals surface area contributed by atoms with Crippen LogP contribution in [0.3, 0.4) is 0 Å². The van der Waals surface area contributed by atoms with Crippen LogP contribution in [0, 0.1) is 6.92 Å². The van der Waals surface area contributed by atoms with Gasteiger partial charge in [-0.2, -0.15) is 0 Å². The fourth-order valence-corrected chi connectivity index (χ4v) is 4.45. The molecule has 33 heavy (non-hydrogen) atoms. The highest BCUT2D eigenvalue weighted by molar-refractivity contribution is 5.76. The molecule has 1 aromatic carbocycles. The maximum Gasteiger partial charge on any atom is 0.223 e. The molecule has 0 aliphatic rings. The number of benzene rings is 1. The van der Waals surface area contributed by atoms with E-state index >= 15 is 0 Å². The second-order valence-electron chi connectivity index (χ2n) is 10.0. The molecule has 0 bridgehead atoms. The molecule has 1 amide bonds. The molecule has 0 radical (unpaired) electrons. The number of aromatic nitrogens is 1. The van der Waals surface area contributed by atoms with Gasteiger partial charge in [-0.25, -0.2) is 0 Å². The molecular formula is C30H48N2O. The molecule has 0 saturated heterocycles. The van der Waals surface area contributed by atoms with E-state index in [0.29, 0.717) is 18.9 Å². The zero-order valence-electron chi connectivity index (χ0n) is 21.8. The third-order valence-electron chi connectivity index (χ3n) is 6.67. The summed E-state index contributed by atoms with van der Waals surface area (Å²) in [5.74, 6) is 0.295. The van der Waals surface area contributed by atoms with Crippen LogP contribution in [0.1, 0.15) is 115 Å². The lowest BCUT2D eigenvalue weighted by Gasteiger charge is -2.27. The molecule has 0 N–H and O–H groups in total. The molecule has 0 aliphatic heterocycles. The van der Waals surface area contributed by atoms with Gasteiger partial charge in [0.2, 0.25) is 5.91 Å². The molecule has 0 spiro atoms. The fourth-order valence-electron chi connectivity index (χ4n) is 4.45. The Bertz CT molecular complexity index is 775. The van der Waals surface area contributed by atoms with Crippen molar-refractivity contribution in [2.24, 2.45) is 0 Å². The van der Waals surface area contributed by atoms with E-state index in [1.165, 1.54) is 81.0 Å². The summed E-state index contributed by atoms with van der Waals surface area (Å²) < 4.78 is 2.27. The summed E-state index contributed by atoms with van der Waals surface area (Å²) in [7, 11) is 0. The first-order valence-corrected chi connectivity index (χ1v) is 13.5. The summed E-state index contributed by atoms with van der Waals surface area (Å²) in [6.07, 6.45) is 17.2. The summed E-state index contributed by atoms with van der Waals surface area (Å²) >= 11 is 0. The summed E-state index contributed by atoms with van der Waals surface area (Å²) in [5, 5.41) is 0. The van der Waals surface area contributed by atoms with E-state index in [-0.39, 0.29) is 6.04 Å². The van der Waals surface area contributed by atoms with E-state index in [2.05, 4.69) is 79.8 Å². The Hall–Kier alpha value is -2.03. The molecule has 3 heteroatoms. The molecule has 0 unspecified atom stereocenters. The summed E-state index contributed by atoms with van der Waals surface area (Å²) in [6, 6.07) is 13.2. The van der Waals surface area contributed by atoms with E-state index in [0.717, 1.165) is 13.0 Å². The maximum absolute atomic E-state index is 13.0. The molecular weight excluding hydrogens is 404 g/mol. The number of rotatable bonds is 17. The van der Waals surface area contributed by atoms with Crippen LogP contribution in [0.15, 0.2) is 42.6 Å². The van der Waals surface area contributed by atoms with Crippen LogP contribution < -0.4 is 0 Å². The number of hydrogen-bond acceptors (Lipinski definition) is 1. The molecule has 2 aromatic rings. The Morgan fingerprint density at radius 1 is 0.848 bits per heavy atom. The van der Waals surface area contributed by atoms with Crippen molar-refractivity contribution in [1.29, 1.82) is 0 Å². The molecule has 0 saturated carbocycles. The number of nitrogens with zero attached hydrogens (tertiary/aromatic N) is 2. The minimum Gasteiger partial charge on any atom is -0.345 e. The standard InChI is InChI=1S/C30H48N2O/c1-5-6-7-8-9-10-11-12-13-14-15-18-30(33)32(26(2)3)25-29-17-16-23-31(29)24-28-21-19-27(4)20-22-28/h16-17,19-23,26H,5-15,18,24-25H2,1-4H3. The molecule has 184 valence electrons. The minimum absolute atomic E-state index is 0.216. The van der Waals surface area contributed by atoms with Crippen molar-refractivity contribution < 1.29 is 4.79 Å². The monoisotopic (exact) mass is 452 g/mol. The SMILES string of the molecule is CCCCCCCCCCCCCC(=O)N(Cc1cccn1Cc1ccc(C)cc1)C(C)C. The van der Waals surface area contributed by atoms with Crippen molar-refractivity contribution in [3.63, 3.8) is 0 Å². The van der Waals surface area contributed by atoms with Crippen LogP contribution in [-0.2, 0) is 17.9 Å². The Morgan fingerprint density at radius 3 is 2.00 bits per heavy atom. The van der Waals surface area contributed by atoms with Crippen LogP contribution in [0.5, 0.6) is 0 Å². The molecule has 3 nitrogen and oxygen atoms in total. The van der Waals surface area contributed by atoms with Crippen LogP contribution in [-0.4, -0.2) is 21.4 Å². The lowest BCUT2D eigenvalue weighted by atomic mass is 10.0. The van der Waals surface area contributed by atoms with Crippen molar-refractivity contribution in [2.75, 3.05) is 0 Å². The Morgan fingerprint density at radius 2 is 1.42 bits per heavy atom. The Balaban J connectivity index is 1.71. The second-order valence-corrected chi connectivity index (χ2v) is 10.0. The van der Waals surface area contributed by atoms with Crippen molar-refractivity contribution in [3.8, 4) is 0 Å². The van der Waals surface area contributed by atoms with Crippen molar-refractivity contribution in [1.82, 2.24) is 9.47 Å². The summed E-state index contributed by atoms with van der Waals surface area (Å²) in [5.41, 5.74) is 3.78. The van der Waals surface area contributed by atoms with Crippen molar-refractivity contribution in [2.45, 2.75) is 124 Å². The zero-order chi connectivity index (χ0) is 23.9. The minimum atomic E-state index is 0.216. The highest BCUT2D eigenvalue weighted by Crippen LogP contribution is 2.16. The van der Waals surface area contributed by atoms with Gasteiger partial charge in [0.1, 0.15) is 0 Å². The zero-order valence-corrected chi connectivity index (χ0v) is 21.8. The first-order chi connectivity index (χ1) is 16.0. The number of carbonyl (C=O) groups is 1. The molecule has 1 aromatic heterocycles. The van der Waals surface area contributed by atoms with E-state index in [9.17, 15) is 4.79 Å². The van der Waals surface area contributed by atoms with E-state index in [4.69, 9.17) is 0 Å². The van der Waals surface area contributed by atoms with Crippen LogP contribution >= 0.6 is 0 Å². The molecule has 0 atom stereocenters. The smallest absolute Gasteiger partial charge is 0.223 e. The summed E-state index contributed by atoms with van der Waals surface area (Å²) in [4.78, 5) is 15.0. The lowest BCUT2D eigenvalue weighted by molar-refractivity contribution is -0.133. The molecule has 1 heterocycles. The van der Waals surface area contributed by atoms with Crippen molar-refractivity contribution in [3.05, 3.63) is 59.4 Å². The van der Waals surface area contributed by atoms with Gasteiger partial charge in [0.15, 0.2) is 0 Å². The van der Waals surface area contributed by atoms with Crippen LogP contribution in [0.4, 0.5) is 0 Å². The number of carbonyl (C=O) groups excluding carboxylic acids is 1. The Kier molecular flexibility index (Phi) is 13.0. The lowest BCUT2D eigenvalue weighted by Crippen LogP contribution is -2.36. The third-order valence-corrected chi connectivity index (χ3v) is 6.67. The fraction of sp³-hybridized carbons (Fsp3) is 0.633. The highest BCUT2D eigenvalue weighted by Gasteiger charge is 2.18. The van der Waals surface area contributed by atoms with Crippen LogP contribution in [0.25, 0.3) is 0 Å². The molecule has 0 aliphatic carbocycles. The average Bonchev–Trinajstić information content (AvgIpc) is 3.23. The van der Waals surface area contributed by atoms with Gasteiger partial charge >= 0.3 is 0 Å². The first-order valence-electron chi connectivity index (χ1n) is 13.5. The van der Waals surface area contributed by atoms with Gasteiger partial charge in [-0.1, -0.05) is 101 Å². The van der Waals surface area contributed by atoms with Gasteiger partial charge in [0.05, 0.1) is 6.54 Å². The predicted molar refractivity (Wildman–Crippen MR) is 141 cm³/mol. The topological polar surface area (TPSA) is 25.2 Å². The van der Waals surface area contributed by atoms with Gasteiger partial charge in [-0.3, -0.25) is 4.79 Å². The van der Waals surface area contributed by atoms with Crippen molar-refractivity contribution >= 4 is 5.91 Å². The average molecular weight is 453 g/mol. The number of aryl methyl sites for hydroxylation is 1. The summed E-state index contributed by atoms with van der Waals surface area (Å²) in [6.45, 7) is 10.2. The number of amides is 1. The largest absolute Gasteiger partial charge is 0.345 e. The van der Waals surface area contributed by atoms with Gasteiger partial charge in [-0.05, 0) is 44.9 Å². The van der Waals surface area contributed by atoms with E-state index < -0.39 is 0 Å². The van der Waals surface area contributed by atoms with Gasteiger partial charge in [-0.15, -0.1) is 0 Å². The van der Waals surface area contributed by atoms with Gasteiger partial charge < -0.3 is 9.47 Å². The molecule has 0 fully saturated rings. The van der Waals surface area contributed by atoms with E-state index in [1.54, 1.807) is 0 Å². The Labute approximate surface area is 203 Å². The maximum atomic E-state index is 13.0. The second kappa shape index (κ2) is 15.7. The third kappa shape index (κ3) is 10.6. The quantitative estimate of drug-likeness (QED) is 0.222. The van der Waals surface area contributed by atoms with E-state index in [1.807, 2.05) is 0 Å². The highest BCUT2D eigenvalue weighted by atomic mass is 16.2. The number of unbranched alkanes of at least 4 members (excludes halogenated alkanes) is 10. The first kappa shape index (κ1) is 27.2. The predicted octanol–water partition coefficient (Wildman–Crippen LogP) is 8.28. The van der Waals surface area contributed by atoms with Gasteiger partial charge in [0, 0.05) is 30.9 Å². The molecule has 2 rings (SSSR count). The normalized spacial score (nSPS) is 11.3.